The Labute approximate surface area is 273 Å². The second-order valence-corrected chi connectivity index (χ2v) is 11.8. The zero-order valence-corrected chi connectivity index (χ0v) is 26.0. The van der Waals surface area contributed by atoms with Crippen molar-refractivity contribution in [2.24, 2.45) is 0 Å². The van der Waals surface area contributed by atoms with Crippen LogP contribution in [0.15, 0.2) is 91.0 Å². The summed E-state index contributed by atoms with van der Waals surface area (Å²) in [5.74, 6) is -0.509. The van der Waals surface area contributed by atoms with Crippen LogP contribution in [-0.2, 0) is 42.1 Å². The van der Waals surface area contributed by atoms with Crippen molar-refractivity contribution in [1.82, 2.24) is 10.2 Å². The van der Waals surface area contributed by atoms with E-state index in [0.29, 0.717) is 41.0 Å². The Kier molecular flexibility index (Phi) is 9.59. The average Bonchev–Trinajstić information content (AvgIpc) is 3.06. The van der Waals surface area contributed by atoms with E-state index in [1.807, 2.05) is 12.1 Å². The summed E-state index contributed by atoms with van der Waals surface area (Å²) in [7, 11) is 1.54. The summed E-state index contributed by atoms with van der Waals surface area (Å²) in [5.41, 5.74) is -2.73. The van der Waals surface area contributed by atoms with Gasteiger partial charge in [-0.2, -0.15) is 26.3 Å². The van der Waals surface area contributed by atoms with Crippen molar-refractivity contribution in [3.05, 3.63) is 136 Å². The van der Waals surface area contributed by atoms with Crippen molar-refractivity contribution in [2.45, 2.75) is 50.3 Å². The largest absolute Gasteiger partial charge is 0.497 e. The first-order chi connectivity index (χ1) is 22.7. The number of methoxy groups -OCH3 is 1. The van der Waals surface area contributed by atoms with Crippen molar-refractivity contribution in [2.75, 3.05) is 13.7 Å². The molecule has 5 rings (SSSR count). The lowest BCUT2D eigenvalue weighted by Crippen LogP contribution is -2.57. The Morgan fingerprint density at radius 2 is 1.44 bits per heavy atom. The number of carbonyl (C=O) groups is 2. The van der Waals surface area contributed by atoms with Crippen molar-refractivity contribution in [1.29, 1.82) is 0 Å². The molecule has 2 N–H and O–H groups in total. The molecule has 0 aliphatic carbocycles. The Bertz CT molecular complexity index is 1760. The Balaban J connectivity index is 1.61. The normalized spacial score (nSPS) is 18.0. The van der Waals surface area contributed by atoms with Gasteiger partial charge in [0.05, 0.1) is 36.3 Å². The van der Waals surface area contributed by atoms with Gasteiger partial charge < -0.3 is 20.1 Å². The predicted octanol–water partition coefficient (Wildman–Crippen LogP) is 7.24. The molecule has 4 aromatic rings. The van der Waals surface area contributed by atoms with Gasteiger partial charge in [-0.1, -0.05) is 54.6 Å². The second-order valence-electron chi connectivity index (χ2n) is 11.8. The van der Waals surface area contributed by atoms with Crippen LogP contribution in [-0.4, -0.2) is 35.5 Å². The highest BCUT2D eigenvalue weighted by Gasteiger charge is 2.53. The molecular formula is C36H32F6N2O4. The first-order valence-corrected chi connectivity index (χ1v) is 15.0. The van der Waals surface area contributed by atoms with Crippen LogP contribution in [0.4, 0.5) is 26.3 Å². The number of amides is 2. The quantitative estimate of drug-likeness (QED) is 0.184. The van der Waals surface area contributed by atoms with Crippen molar-refractivity contribution < 1.29 is 45.8 Å². The lowest BCUT2D eigenvalue weighted by atomic mass is 9.67. The summed E-state index contributed by atoms with van der Waals surface area (Å²) < 4.78 is 87.9. The molecule has 48 heavy (non-hydrogen) atoms. The number of aliphatic hydroxyl groups excluding tert-OH is 1. The van der Waals surface area contributed by atoms with E-state index in [0.717, 1.165) is 10.5 Å². The number of aliphatic hydroxyl groups is 1. The third kappa shape index (κ3) is 6.89. The minimum Gasteiger partial charge on any atom is -0.497 e. The molecule has 0 saturated carbocycles. The smallest absolute Gasteiger partial charge is 0.416 e. The fraction of sp³-hybridized carbons (Fsp3) is 0.278. The van der Waals surface area contributed by atoms with Crippen LogP contribution in [0.1, 0.15) is 62.3 Å². The SMILES string of the molecule is COc1ccc(CCNC(=O)[C@@]2(C)c3ccccc3C(=O)N(Cc3cc(C(F)(F)F)cc(C(F)(F)F)c3)[C@H]2c2ccc(CO)cc2)cc1. The molecule has 2 atom stereocenters. The Morgan fingerprint density at radius 3 is 2.00 bits per heavy atom. The van der Waals surface area contributed by atoms with E-state index >= 15 is 0 Å². The zero-order chi connectivity index (χ0) is 34.9. The highest BCUT2D eigenvalue weighted by molar-refractivity contribution is 6.03. The number of nitrogens with zero attached hydrogens (tertiary/aromatic N) is 1. The predicted molar refractivity (Wildman–Crippen MR) is 165 cm³/mol. The first kappa shape index (κ1) is 34.5. The average molecular weight is 671 g/mol. The number of hydrogen-bond acceptors (Lipinski definition) is 4. The topological polar surface area (TPSA) is 78.9 Å². The molecular weight excluding hydrogens is 638 g/mol. The summed E-state index contributed by atoms with van der Waals surface area (Å²) in [4.78, 5) is 29.6. The number of benzene rings is 4. The van der Waals surface area contributed by atoms with Crippen LogP contribution in [0.5, 0.6) is 5.75 Å². The van der Waals surface area contributed by atoms with Gasteiger partial charge in [0.2, 0.25) is 5.91 Å². The molecule has 6 nitrogen and oxygen atoms in total. The van der Waals surface area contributed by atoms with E-state index < -0.39 is 58.9 Å². The zero-order valence-electron chi connectivity index (χ0n) is 26.0. The Morgan fingerprint density at radius 1 is 0.854 bits per heavy atom. The molecule has 1 heterocycles. The van der Waals surface area contributed by atoms with E-state index in [1.165, 1.54) is 6.07 Å². The standard InChI is InChI=1S/C36H32F6N2O4/c1-34(33(47)43-16-15-22-9-13-28(48-2)14-10-22)30-6-4-3-5-29(30)32(46)44(31(34)25-11-7-23(21-45)8-12-25)20-24-17-26(35(37,38)39)19-27(18-24)36(40,41)42/h3-14,17-19,31,45H,15-16,20-21H2,1-2H3,(H,43,47)/t31-,34-/m0/s1. The van der Waals surface area contributed by atoms with Crippen LogP contribution >= 0.6 is 0 Å². The third-order valence-electron chi connectivity index (χ3n) is 8.64. The second kappa shape index (κ2) is 13.3. The number of nitrogens with one attached hydrogen (secondary N) is 1. The van der Waals surface area contributed by atoms with Crippen LogP contribution in [0, 0.1) is 0 Å². The van der Waals surface area contributed by atoms with Crippen LogP contribution in [0.2, 0.25) is 0 Å². The van der Waals surface area contributed by atoms with Crippen LogP contribution in [0.25, 0.3) is 0 Å². The minimum atomic E-state index is -5.09. The van der Waals surface area contributed by atoms with Crippen LogP contribution in [0.3, 0.4) is 0 Å². The van der Waals surface area contributed by atoms with Crippen LogP contribution < -0.4 is 10.1 Å². The van der Waals surface area contributed by atoms with Gasteiger partial charge in [0.15, 0.2) is 0 Å². The fourth-order valence-corrected chi connectivity index (χ4v) is 6.19. The number of halogens is 6. The van der Waals surface area contributed by atoms with Gasteiger partial charge in [0.1, 0.15) is 5.75 Å². The van der Waals surface area contributed by atoms with Gasteiger partial charge in [0.25, 0.3) is 5.91 Å². The van der Waals surface area contributed by atoms with E-state index in [4.69, 9.17) is 4.74 Å². The van der Waals surface area contributed by atoms with Crippen molar-refractivity contribution >= 4 is 11.8 Å². The van der Waals surface area contributed by atoms with E-state index in [-0.39, 0.29) is 24.8 Å². The fourth-order valence-electron chi connectivity index (χ4n) is 6.19. The molecule has 1 aliphatic heterocycles. The molecule has 252 valence electrons. The number of carbonyl (C=O) groups excluding carboxylic acids is 2. The van der Waals surface area contributed by atoms with E-state index in [2.05, 4.69) is 5.32 Å². The highest BCUT2D eigenvalue weighted by atomic mass is 19.4. The molecule has 0 fully saturated rings. The number of hydrogen-bond donors (Lipinski definition) is 2. The highest BCUT2D eigenvalue weighted by Crippen LogP contribution is 2.48. The third-order valence-corrected chi connectivity index (χ3v) is 8.64. The summed E-state index contributed by atoms with van der Waals surface area (Å²) in [5, 5.41) is 12.6. The summed E-state index contributed by atoms with van der Waals surface area (Å²) in [6.45, 7) is 0.826. The molecule has 1 aliphatic rings. The maximum absolute atomic E-state index is 14.3. The number of ether oxygens (including phenoxy) is 1. The van der Waals surface area contributed by atoms with Gasteiger partial charge in [-0.15, -0.1) is 0 Å². The maximum atomic E-state index is 14.3. The summed E-state index contributed by atoms with van der Waals surface area (Å²) in [6, 6.07) is 19.9. The monoisotopic (exact) mass is 670 g/mol. The summed E-state index contributed by atoms with van der Waals surface area (Å²) in [6.07, 6.45) is -9.74. The van der Waals surface area contributed by atoms with Gasteiger partial charge in [-0.05, 0) is 77.6 Å². The Hall–Kier alpha value is -4.84. The minimum absolute atomic E-state index is 0.0301. The van der Waals surface area contributed by atoms with Gasteiger partial charge in [-0.3, -0.25) is 9.59 Å². The molecule has 0 spiro atoms. The van der Waals surface area contributed by atoms with E-state index in [1.54, 1.807) is 68.6 Å². The van der Waals surface area contributed by atoms with Gasteiger partial charge >= 0.3 is 12.4 Å². The maximum Gasteiger partial charge on any atom is 0.416 e. The molecule has 12 heteroatoms. The molecule has 2 amide bonds. The molecule has 0 unspecified atom stereocenters. The van der Waals surface area contributed by atoms with E-state index in [9.17, 15) is 41.0 Å². The molecule has 4 aromatic carbocycles. The number of alkyl halides is 6. The van der Waals surface area contributed by atoms with Crippen molar-refractivity contribution in [3.63, 3.8) is 0 Å². The lowest BCUT2D eigenvalue weighted by Gasteiger charge is -2.48. The van der Waals surface area contributed by atoms with Gasteiger partial charge in [-0.25, -0.2) is 0 Å². The number of rotatable bonds is 9. The number of fused-ring (bicyclic) bond motifs is 1. The summed E-state index contributed by atoms with van der Waals surface area (Å²) >= 11 is 0. The first-order valence-electron chi connectivity index (χ1n) is 15.0. The molecule has 0 aromatic heterocycles. The van der Waals surface area contributed by atoms with Crippen molar-refractivity contribution in [3.8, 4) is 5.75 Å². The lowest BCUT2D eigenvalue weighted by molar-refractivity contribution is -0.143. The van der Waals surface area contributed by atoms with Gasteiger partial charge in [0, 0.05) is 18.7 Å². The molecule has 0 radical (unpaired) electrons. The molecule has 0 bridgehead atoms. The molecule has 0 saturated heterocycles.